The minimum absolute atomic E-state index is 0.0354. The van der Waals surface area contributed by atoms with Crippen molar-refractivity contribution in [1.29, 1.82) is 5.26 Å². The number of nitrogens with zero attached hydrogens (tertiary/aromatic N) is 3. The zero-order chi connectivity index (χ0) is 20.1. The zero-order valence-electron chi connectivity index (χ0n) is 16.5. The van der Waals surface area contributed by atoms with Crippen LogP contribution < -0.4 is 10.2 Å². The van der Waals surface area contributed by atoms with Crippen molar-refractivity contribution < 1.29 is 14.3 Å². The number of nitrogens with one attached hydrogen (secondary N) is 1. The second kappa shape index (κ2) is 9.00. The fourth-order valence-corrected chi connectivity index (χ4v) is 3.57. The number of rotatable bonds is 6. The fourth-order valence-electron chi connectivity index (χ4n) is 3.57. The monoisotopic (exact) mass is 382 g/mol. The maximum Gasteiger partial charge on any atom is 0.251 e. The minimum Gasteiger partial charge on any atom is -0.383 e. The molecule has 7 heteroatoms. The molecule has 0 aliphatic carbocycles. The van der Waals surface area contributed by atoms with Crippen LogP contribution in [0.15, 0.2) is 30.5 Å². The van der Waals surface area contributed by atoms with Crippen molar-refractivity contribution in [2.24, 2.45) is 0 Å². The van der Waals surface area contributed by atoms with Gasteiger partial charge in [-0.25, -0.2) is 0 Å². The molecule has 1 aromatic carbocycles. The summed E-state index contributed by atoms with van der Waals surface area (Å²) in [7, 11) is 1.62. The lowest BCUT2D eigenvalue weighted by Gasteiger charge is -2.38. The number of methoxy groups -OCH3 is 1. The highest BCUT2D eigenvalue weighted by Gasteiger charge is 2.32. The lowest BCUT2D eigenvalue weighted by Crippen LogP contribution is -2.54. The topological polar surface area (TPSA) is 87.5 Å². The number of morpholine rings is 1. The van der Waals surface area contributed by atoms with Crippen LogP contribution in [0.3, 0.4) is 0 Å². The number of aromatic nitrogens is 1. The van der Waals surface area contributed by atoms with Gasteiger partial charge in [0.15, 0.2) is 6.10 Å². The number of benzene rings is 1. The third-order valence-corrected chi connectivity index (χ3v) is 4.97. The van der Waals surface area contributed by atoms with Gasteiger partial charge in [-0.05, 0) is 37.6 Å². The van der Waals surface area contributed by atoms with Crippen LogP contribution in [0.1, 0.15) is 25.8 Å². The number of hydrogen-bond acceptors (Lipinski definition) is 6. The Balaban J connectivity index is 1.85. The predicted molar refractivity (Wildman–Crippen MR) is 107 cm³/mol. The lowest BCUT2D eigenvalue weighted by atomic mass is 10.1. The molecule has 1 fully saturated rings. The number of fused-ring (bicyclic) bond motifs is 1. The Labute approximate surface area is 165 Å². The second-order valence-electron chi connectivity index (χ2n) is 7.05. The van der Waals surface area contributed by atoms with E-state index in [4.69, 9.17) is 9.47 Å². The number of anilines is 1. The number of carbonyl (C=O) groups is 1. The van der Waals surface area contributed by atoms with Gasteiger partial charge in [0.1, 0.15) is 6.07 Å². The Hall–Kier alpha value is -2.69. The number of ether oxygens (including phenoxy) is 2. The van der Waals surface area contributed by atoms with Gasteiger partial charge in [-0.3, -0.25) is 9.78 Å². The average molecular weight is 382 g/mol. The predicted octanol–water partition coefficient (Wildman–Crippen LogP) is 2.24. The van der Waals surface area contributed by atoms with Crippen LogP contribution in [0.2, 0.25) is 0 Å². The normalized spacial score (nSPS) is 20.6. The number of nitriles is 1. The molecule has 3 rings (SSSR count). The summed E-state index contributed by atoms with van der Waals surface area (Å²) in [5.41, 5.74) is 2.17. The summed E-state index contributed by atoms with van der Waals surface area (Å²) in [6, 6.07) is 9.68. The van der Waals surface area contributed by atoms with Crippen LogP contribution in [0.5, 0.6) is 0 Å². The van der Waals surface area contributed by atoms with Gasteiger partial charge in [-0.15, -0.1) is 0 Å². The van der Waals surface area contributed by atoms with E-state index in [1.807, 2.05) is 32.0 Å². The van der Waals surface area contributed by atoms with Crippen molar-refractivity contribution in [2.75, 3.05) is 31.7 Å². The molecule has 1 aliphatic rings. The Kier molecular flexibility index (Phi) is 6.45. The Bertz CT molecular complexity index is 880. The first-order valence-electron chi connectivity index (χ1n) is 9.54. The summed E-state index contributed by atoms with van der Waals surface area (Å²) >= 11 is 0. The quantitative estimate of drug-likeness (QED) is 0.824. The van der Waals surface area contributed by atoms with Gasteiger partial charge in [0, 0.05) is 30.9 Å². The summed E-state index contributed by atoms with van der Waals surface area (Å²) in [5, 5.41) is 13.3. The molecule has 3 atom stereocenters. The lowest BCUT2D eigenvalue weighted by molar-refractivity contribution is -0.138. The molecule has 28 heavy (non-hydrogen) atoms. The molecule has 0 saturated carbocycles. The van der Waals surface area contributed by atoms with Crippen LogP contribution in [0.25, 0.3) is 10.9 Å². The van der Waals surface area contributed by atoms with E-state index in [1.165, 1.54) is 0 Å². The molecule has 1 amide bonds. The highest BCUT2D eigenvalue weighted by molar-refractivity contribution is 5.95. The molecule has 0 spiro atoms. The van der Waals surface area contributed by atoms with Gasteiger partial charge in [0.25, 0.3) is 5.91 Å². The van der Waals surface area contributed by atoms with E-state index in [1.54, 1.807) is 19.4 Å². The molecule has 1 aromatic heterocycles. The molecular weight excluding hydrogens is 356 g/mol. The van der Waals surface area contributed by atoms with Crippen molar-refractivity contribution in [1.82, 2.24) is 10.3 Å². The van der Waals surface area contributed by atoms with E-state index in [9.17, 15) is 10.1 Å². The smallest absolute Gasteiger partial charge is 0.251 e. The van der Waals surface area contributed by atoms with Crippen LogP contribution in [-0.4, -0.2) is 55.9 Å². The second-order valence-corrected chi connectivity index (χ2v) is 7.05. The summed E-state index contributed by atoms with van der Waals surface area (Å²) in [6.07, 6.45) is 1.80. The molecule has 148 valence electrons. The first kappa shape index (κ1) is 20.1. The summed E-state index contributed by atoms with van der Waals surface area (Å²) in [6.45, 7) is 5.55. The number of hydrogen-bond donors (Lipinski definition) is 1. The van der Waals surface area contributed by atoms with Crippen molar-refractivity contribution >= 4 is 22.5 Å². The highest BCUT2D eigenvalue weighted by Crippen LogP contribution is 2.30. The Morgan fingerprint density at radius 2 is 2.29 bits per heavy atom. The summed E-state index contributed by atoms with van der Waals surface area (Å²) in [4.78, 5) is 19.3. The Morgan fingerprint density at radius 3 is 3.00 bits per heavy atom. The molecule has 7 nitrogen and oxygen atoms in total. The average Bonchev–Trinajstić information content (AvgIpc) is 2.72. The Morgan fingerprint density at radius 1 is 1.46 bits per heavy atom. The van der Waals surface area contributed by atoms with Crippen molar-refractivity contribution in [2.45, 2.75) is 38.5 Å². The molecule has 1 aliphatic heterocycles. The van der Waals surface area contributed by atoms with Gasteiger partial charge in [0.2, 0.25) is 0 Å². The number of pyridine rings is 1. The van der Waals surface area contributed by atoms with Crippen LogP contribution >= 0.6 is 0 Å². The third kappa shape index (κ3) is 4.24. The minimum atomic E-state index is -0.572. The standard InChI is InChI=1S/C21H26N4O3/c1-4-16(13-27-3)24-21(26)19-12-25(11-14(2)28-19)18-8-7-15(10-22)20-17(18)6-5-9-23-20/h5-9,14,16,19H,4,11-13H2,1-3H3,(H,24,26)/t14-,16?,19-/m1/s1. The van der Waals surface area contributed by atoms with Gasteiger partial charge in [-0.1, -0.05) is 6.92 Å². The largest absolute Gasteiger partial charge is 0.383 e. The number of amides is 1. The highest BCUT2D eigenvalue weighted by atomic mass is 16.5. The van der Waals surface area contributed by atoms with Crippen LogP contribution in [-0.2, 0) is 14.3 Å². The molecule has 1 N–H and O–H groups in total. The first-order valence-corrected chi connectivity index (χ1v) is 9.54. The summed E-state index contributed by atoms with van der Waals surface area (Å²) < 4.78 is 11.1. The molecule has 0 bridgehead atoms. The molecule has 0 radical (unpaired) electrons. The van der Waals surface area contributed by atoms with Gasteiger partial charge < -0.3 is 19.7 Å². The number of carbonyl (C=O) groups excluding carboxylic acids is 1. The van der Waals surface area contributed by atoms with E-state index in [0.29, 0.717) is 30.8 Å². The fraction of sp³-hybridized carbons (Fsp3) is 0.476. The first-order chi connectivity index (χ1) is 13.6. The van der Waals surface area contributed by atoms with Crippen molar-refractivity contribution in [3.63, 3.8) is 0 Å². The van der Waals surface area contributed by atoms with Crippen molar-refractivity contribution in [3.8, 4) is 6.07 Å². The van der Waals surface area contributed by atoms with Crippen molar-refractivity contribution in [3.05, 3.63) is 36.0 Å². The summed E-state index contributed by atoms with van der Waals surface area (Å²) in [5.74, 6) is -0.128. The molecule has 2 aromatic rings. The van der Waals surface area contributed by atoms with Gasteiger partial charge in [-0.2, -0.15) is 5.26 Å². The van der Waals surface area contributed by atoms with Gasteiger partial charge in [0.05, 0.1) is 36.4 Å². The molecular formula is C21H26N4O3. The molecule has 1 unspecified atom stereocenters. The maximum atomic E-state index is 12.8. The van der Waals surface area contributed by atoms with E-state index >= 15 is 0 Å². The molecule has 2 heterocycles. The third-order valence-electron chi connectivity index (χ3n) is 4.97. The molecule has 1 saturated heterocycles. The van der Waals surface area contributed by atoms with E-state index in [2.05, 4.69) is 21.3 Å². The maximum absolute atomic E-state index is 12.8. The van der Waals surface area contributed by atoms with E-state index in [0.717, 1.165) is 17.5 Å². The zero-order valence-corrected chi connectivity index (χ0v) is 16.5. The SMILES string of the molecule is CCC(COC)NC(=O)[C@H]1CN(c2ccc(C#N)c3ncccc23)C[C@@H](C)O1. The van der Waals surface area contributed by atoms with E-state index in [-0.39, 0.29) is 18.1 Å². The van der Waals surface area contributed by atoms with Gasteiger partial charge >= 0.3 is 0 Å². The van der Waals surface area contributed by atoms with Crippen LogP contribution in [0, 0.1) is 11.3 Å². The van der Waals surface area contributed by atoms with Crippen LogP contribution in [0.4, 0.5) is 5.69 Å². The van der Waals surface area contributed by atoms with E-state index < -0.39 is 6.10 Å².